The van der Waals surface area contributed by atoms with E-state index in [0.717, 1.165) is 37.2 Å². The maximum Gasteiger partial charge on any atom is 0.114 e. The largest absolute Gasteiger partial charge is 0.496 e. The van der Waals surface area contributed by atoms with Gasteiger partial charge in [0.05, 0.1) is 6.61 Å². The normalized spacial score (nSPS) is 33.9. The second-order valence-corrected chi connectivity index (χ2v) is 6.45. The van der Waals surface area contributed by atoms with Gasteiger partial charge in [0.2, 0.25) is 0 Å². The zero-order chi connectivity index (χ0) is 13.0. The Morgan fingerprint density at radius 2 is 2.28 bits per heavy atom. The Morgan fingerprint density at radius 1 is 1.44 bits per heavy atom. The molecule has 2 rings (SSSR count). The van der Waals surface area contributed by atoms with Gasteiger partial charge in [0, 0.05) is 6.61 Å². The highest BCUT2D eigenvalue weighted by molar-refractivity contribution is 5.02. The van der Waals surface area contributed by atoms with Crippen molar-refractivity contribution >= 4 is 0 Å². The second kappa shape index (κ2) is 6.10. The molecule has 2 fully saturated rings. The Hall–Kier alpha value is -0.500. The lowest BCUT2D eigenvalue weighted by Gasteiger charge is -2.26. The molecule has 0 bridgehead atoms. The summed E-state index contributed by atoms with van der Waals surface area (Å²) in [7, 11) is 0. The van der Waals surface area contributed by atoms with Crippen LogP contribution in [0.25, 0.3) is 0 Å². The highest BCUT2D eigenvalue weighted by Gasteiger charge is 2.52. The van der Waals surface area contributed by atoms with Crippen molar-refractivity contribution in [3.63, 3.8) is 0 Å². The summed E-state index contributed by atoms with van der Waals surface area (Å²) >= 11 is 0. The summed E-state index contributed by atoms with van der Waals surface area (Å²) in [5.74, 6) is 2.53. The van der Waals surface area contributed by atoms with Crippen LogP contribution in [0.5, 0.6) is 0 Å². The topological polar surface area (TPSA) is 18.5 Å². The molecule has 0 heterocycles. The Bertz CT molecular complexity index is 287. The summed E-state index contributed by atoms with van der Waals surface area (Å²) in [5, 5.41) is 0. The van der Waals surface area contributed by atoms with Crippen molar-refractivity contribution in [2.75, 3.05) is 19.8 Å². The smallest absolute Gasteiger partial charge is 0.114 e. The first-order chi connectivity index (χ1) is 8.64. The predicted molar refractivity (Wildman–Crippen MR) is 74.4 cm³/mol. The number of hydrogen-bond donors (Lipinski definition) is 0. The van der Waals surface area contributed by atoms with E-state index < -0.39 is 0 Å². The molecular weight excluding hydrogens is 224 g/mol. The lowest BCUT2D eigenvalue weighted by Crippen LogP contribution is -2.19. The highest BCUT2D eigenvalue weighted by Crippen LogP contribution is 2.62. The Kier molecular flexibility index (Phi) is 4.71. The van der Waals surface area contributed by atoms with Crippen molar-refractivity contribution in [3.05, 3.63) is 12.3 Å². The van der Waals surface area contributed by atoms with Gasteiger partial charge in [-0.15, -0.1) is 0 Å². The maximum absolute atomic E-state index is 5.74. The van der Waals surface area contributed by atoms with E-state index in [2.05, 4.69) is 20.4 Å². The van der Waals surface area contributed by atoms with Crippen LogP contribution in [0.3, 0.4) is 0 Å². The van der Waals surface area contributed by atoms with Crippen LogP contribution in [0.2, 0.25) is 0 Å². The van der Waals surface area contributed by atoms with Crippen LogP contribution in [0.4, 0.5) is 0 Å². The summed E-state index contributed by atoms with van der Waals surface area (Å²) < 4.78 is 11.2. The lowest BCUT2D eigenvalue weighted by atomic mass is 9.83. The van der Waals surface area contributed by atoms with Gasteiger partial charge in [0.1, 0.15) is 12.4 Å². The Balaban J connectivity index is 1.53. The van der Waals surface area contributed by atoms with Crippen molar-refractivity contribution in [2.45, 2.75) is 52.4 Å². The SMILES string of the molecule is C=C(COCCCC)OCC1CCC2(C)CC2C1. The fourth-order valence-corrected chi connectivity index (χ4v) is 3.09. The van der Waals surface area contributed by atoms with Crippen LogP contribution < -0.4 is 0 Å². The van der Waals surface area contributed by atoms with Gasteiger partial charge in [-0.3, -0.25) is 0 Å². The molecule has 2 heteroatoms. The average Bonchev–Trinajstić information content (AvgIpc) is 3.03. The fraction of sp³-hybridized carbons (Fsp3) is 0.875. The minimum atomic E-state index is 0.563. The van der Waals surface area contributed by atoms with Crippen LogP contribution in [-0.2, 0) is 9.47 Å². The van der Waals surface area contributed by atoms with Gasteiger partial charge in [-0.25, -0.2) is 0 Å². The molecule has 0 radical (unpaired) electrons. The van der Waals surface area contributed by atoms with Gasteiger partial charge in [-0.05, 0) is 49.4 Å². The van der Waals surface area contributed by atoms with Crippen molar-refractivity contribution in [3.8, 4) is 0 Å². The first kappa shape index (κ1) is 13.9. The minimum absolute atomic E-state index is 0.563. The standard InChI is InChI=1S/C16H28O2/c1-4-5-8-17-11-13(2)18-12-14-6-7-16(3)10-15(16)9-14/h14-15H,2,4-12H2,1,3H3. The highest BCUT2D eigenvalue weighted by atomic mass is 16.5. The Morgan fingerprint density at radius 3 is 3.00 bits per heavy atom. The zero-order valence-electron chi connectivity index (χ0n) is 12.0. The molecule has 2 aliphatic rings. The third-order valence-corrected chi connectivity index (χ3v) is 4.71. The molecule has 0 spiro atoms. The molecule has 2 nitrogen and oxygen atoms in total. The van der Waals surface area contributed by atoms with E-state index >= 15 is 0 Å². The van der Waals surface area contributed by atoms with Crippen molar-refractivity contribution in [1.82, 2.24) is 0 Å². The summed E-state index contributed by atoms with van der Waals surface area (Å²) in [4.78, 5) is 0. The van der Waals surface area contributed by atoms with Crippen molar-refractivity contribution in [1.29, 1.82) is 0 Å². The number of rotatable bonds is 8. The van der Waals surface area contributed by atoms with E-state index in [-0.39, 0.29) is 0 Å². The van der Waals surface area contributed by atoms with Crippen LogP contribution in [-0.4, -0.2) is 19.8 Å². The van der Waals surface area contributed by atoms with E-state index in [1.54, 1.807) is 0 Å². The van der Waals surface area contributed by atoms with Gasteiger partial charge in [-0.2, -0.15) is 0 Å². The molecule has 2 aliphatic carbocycles. The molecule has 0 N–H and O–H groups in total. The second-order valence-electron chi connectivity index (χ2n) is 6.45. The first-order valence-corrected chi connectivity index (χ1v) is 7.52. The van der Waals surface area contributed by atoms with Crippen molar-refractivity contribution < 1.29 is 9.47 Å². The zero-order valence-corrected chi connectivity index (χ0v) is 12.0. The summed E-state index contributed by atoms with van der Waals surface area (Å²) in [5.41, 5.74) is 0.705. The molecule has 3 atom stereocenters. The molecule has 3 unspecified atom stereocenters. The molecule has 104 valence electrons. The monoisotopic (exact) mass is 252 g/mol. The minimum Gasteiger partial charge on any atom is -0.496 e. The molecule has 0 saturated heterocycles. The van der Waals surface area contributed by atoms with Crippen LogP contribution >= 0.6 is 0 Å². The summed E-state index contributed by atoms with van der Waals surface area (Å²) in [6.07, 6.45) is 7.83. The van der Waals surface area contributed by atoms with Crippen LogP contribution in [0, 0.1) is 17.3 Å². The van der Waals surface area contributed by atoms with Gasteiger partial charge in [0.15, 0.2) is 0 Å². The molecular formula is C16H28O2. The molecule has 0 aliphatic heterocycles. The van der Waals surface area contributed by atoms with E-state index in [1.807, 2.05) is 0 Å². The van der Waals surface area contributed by atoms with Crippen LogP contribution in [0.1, 0.15) is 52.4 Å². The van der Waals surface area contributed by atoms with Gasteiger partial charge < -0.3 is 9.47 Å². The van der Waals surface area contributed by atoms with Crippen molar-refractivity contribution in [2.24, 2.45) is 17.3 Å². The van der Waals surface area contributed by atoms with Crippen LogP contribution in [0.15, 0.2) is 12.3 Å². The average molecular weight is 252 g/mol. The van der Waals surface area contributed by atoms with Gasteiger partial charge in [-0.1, -0.05) is 26.8 Å². The molecule has 0 aromatic rings. The molecule has 0 amide bonds. The van der Waals surface area contributed by atoms with E-state index in [0.29, 0.717) is 12.0 Å². The lowest BCUT2D eigenvalue weighted by molar-refractivity contribution is 0.0732. The summed E-state index contributed by atoms with van der Waals surface area (Å²) in [6.45, 7) is 10.8. The number of fused-ring (bicyclic) bond motifs is 1. The molecule has 0 aromatic carbocycles. The molecule has 18 heavy (non-hydrogen) atoms. The number of unbranched alkanes of at least 4 members (excludes halogenated alkanes) is 1. The first-order valence-electron chi connectivity index (χ1n) is 7.52. The van der Waals surface area contributed by atoms with E-state index in [1.165, 1.54) is 32.1 Å². The fourth-order valence-electron chi connectivity index (χ4n) is 3.09. The summed E-state index contributed by atoms with van der Waals surface area (Å²) in [6, 6.07) is 0. The van der Waals surface area contributed by atoms with Gasteiger partial charge in [0.25, 0.3) is 0 Å². The number of hydrogen-bond acceptors (Lipinski definition) is 2. The van der Waals surface area contributed by atoms with Gasteiger partial charge >= 0.3 is 0 Å². The quantitative estimate of drug-likeness (QED) is 0.477. The van der Waals surface area contributed by atoms with E-state index in [9.17, 15) is 0 Å². The predicted octanol–water partition coefficient (Wildman–Crippen LogP) is 4.16. The number of ether oxygens (including phenoxy) is 2. The maximum atomic E-state index is 5.74. The molecule has 2 saturated carbocycles. The van der Waals surface area contributed by atoms with E-state index in [4.69, 9.17) is 9.47 Å². The third-order valence-electron chi connectivity index (χ3n) is 4.71. The molecule has 0 aromatic heterocycles. The third kappa shape index (κ3) is 3.74. The Labute approximate surface area is 112 Å².